The second-order valence-electron chi connectivity index (χ2n) is 16.1. The molecule has 0 bridgehead atoms. The highest BCUT2D eigenvalue weighted by molar-refractivity contribution is 5.23. The van der Waals surface area contributed by atoms with Gasteiger partial charge < -0.3 is 42.1 Å². The summed E-state index contributed by atoms with van der Waals surface area (Å²) in [5.74, 6) is 2.51. The Bertz CT molecular complexity index is 1690. The Morgan fingerprint density at radius 2 is 1.21 bits per heavy atom. The zero-order valence-electron chi connectivity index (χ0n) is 35.0. The molecule has 0 spiro atoms. The van der Waals surface area contributed by atoms with Crippen molar-refractivity contribution in [2.24, 2.45) is 17.8 Å². The predicted molar refractivity (Wildman–Crippen MR) is 239 cm³/mol. The van der Waals surface area contributed by atoms with Crippen LogP contribution in [0.5, 0.6) is 0 Å². The molecule has 0 saturated heterocycles. The number of dihydropyridines is 2. The fraction of sp³-hybridized carbons (Fsp3) is 0.417. The quantitative estimate of drug-likeness (QED) is 0.0572. The lowest BCUT2D eigenvalue weighted by molar-refractivity contribution is 0.310. The number of hydrogen-bond acceptors (Lipinski definition) is 8. The highest BCUT2D eigenvalue weighted by Gasteiger charge is 2.28. The molecule has 302 valence electrons. The standard InChI is InChI=1S/C48H70N8/c1-34(2)47(54-39(8)51-32-43-25-17-19-27-49-43)38(7)53-46(31-42-23-15-12-16-24-42)36(5)29-45(30-41-21-13-11-14-22-41)52-37(6)48(35(3)4)55-40(9)56(10)33-44-26-18-20-28-50-44/h11-26,34-36,45-55H,6-9,27-33H2,1-5,10H3. The van der Waals surface area contributed by atoms with Gasteiger partial charge in [0.2, 0.25) is 0 Å². The molecule has 8 nitrogen and oxygen atoms in total. The Labute approximate surface area is 339 Å². The minimum atomic E-state index is -0.0163. The van der Waals surface area contributed by atoms with E-state index in [1.165, 1.54) is 16.8 Å². The average Bonchev–Trinajstić information content (AvgIpc) is 3.19. The summed E-state index contributed by atoms with van der Waals surface area (Å²) in [5.41, 5.74) is 6.85. The van der Waals surface area contributed by atoms with Crippen LogP contribution in [0.2, 0.25) is 0 Å². The second-order valence-corrected chi connectivity index (χ2v) is 16.1. The molecule has 5 atom stereocenters. The van der Waals surface area contributed by atoms with Gasteiger partial charge in [0.1, 0.15) is 0 Å². The van der Waals surface area contributed by atoms with E-state index in [-0.39, 0.29) is 41.9 Å². The fourth-order valence-corrected chi connectivity index (χ4v) is 7.27. The fourth-order valence-electron chi connectivity index (χ4n) is 7.27. The van der Waals surface area contributed by atoms with Crippen LogP contribution in [0.3, 0.4) is 0 Å². The maximum atomic E-state index is 4.64. The molecule has 4 rings (SSSR count). The molecule has 5 unspecified atom stereocenters. The third-order valence-electron chi connectivity index (χ3n) is 10.6. The van der Waals surface area contributed by atoms with Crippen LogP contribution >= 0.6 is 0 Å². The van der Waals surface area contributed by atoms with Gasteiger partial charge in [-0.25, -0.2) is 0 Å². The molecule has 2 heterocycles. The van der Waals surface area contributed by atoms with Gasteiger partial charge >= 0.3 is 0 Å². The maximum absolute atomic E-state index is 4.64. The maximum Gasteiger partial charge on any atom is 0.0945 e. The number of hydrogen-bond donors (Lipinski definition) is 7. The topological polar surface area (TPSA) is 87.4 Å². The Morgan fingerprint density at radius 3 is 1.77 bits per heavy atom. The van der Waals surface area contributed by atoms with Crippen LogP contribution in [0, 0.1) is 17.8 Å². The van der Waals surface area contributed by atoms with Crippen molar-refractivity contribution in [1.82, 2.24) is 42.1 Å². The van der Waals surface area contributed by atoms with E-state index in [1.54, 1.807) is 0 Å². The first-order chi connectivity index (χ1) is 26.9. The van der Waals surface area contributed by atoms with Crippen molar-refractivity contribution in [3.05, 3.63) is 169 Å². The predicted octanol–water partition coefficient (Wildman–Crippen LogP) is 7.22. The van der Waals surface area contributed by atoms with Gasteiger partial charge in [-0.1, -0.05) is 146 Å². The molecule has 8 heteroatoms. The Morgan fingerprint density at radius 1 is 0.679 bits per heavy atom. The van der Waals surface area contributed by atoms with E-state index in [1.807, 2.05) is 0 Å². The first-order valence-electron chi connectivity index (χ1n) is 20.4. The van der Waals surface area contributed by atoms with Crippen LogP contribution in [-0.4, -0.2) is 62.3 Å². The zero-order chi connectivity index (χ0) is 40.5. The summed E-state index contributed by atoms with van der Waals surface area (Å²) >= 11 is 0. The third-order valence-corrected chi connectivity index (χ3v) is 10.6. The largest absolute Gasteiger partial charge is 0.384 e. The molecular weight excluding hydrogens is 689 g/mol. The van der Waals surface area contributed by atoms with E-state index in [0.717, 1.165) is 67.6 Å². The summed E-state index contributed by atoms with van der Waals surface area (Å²) in [4.78, 5) is 2.16. The highest BCUT2D eigenvalue weighted by atomic mass is 15.2. The van der Waals surface area contributed by atoms with Crippen LogP contribution < -0.4 is 37.2 Å². The Kier molecular flexibility index (Phi) is 17.4. The number of nitrogens with zero attached hydrogens (tertiary/aromatic N) is 1. The van der Waals surface area contributed by atoms with E-state index in [9.17, 15) is 0 Å². The van der Waals surface area contributed by atoms with Gasteiger partial charge in [-0.05, 0) is 60.3 Å². The molecule has 0 amide bonds. The van der Waals surface area contributed by atoms with Crippen molar-refractivity contribution in [1.29, 1.82) is 0 Å². The molecule has 2 aromatic carbocycles. The number of likely N-dealkylation sites (N-methyl/N-ethyl adjacent to an activating group) is 1. The molecule has 0 radical (unpaired) electrons. The van der Waals surface area contributed by atoms with Crippen molar-refractivity contribution in [2.75, 3.05) is 33.2 Å². The summed E-state index contributed by atoms with van der Waals surface area (Å²) in [6.45, 7) is 32.4. The number of benzene rings is 2. The van der Waals surface area contributed by atoms with Crippen molar-refractivity contribution in [3.8, 4) is 0 Å². The molecule has 0 aromatic heterocycles. The third kappa shape index (κ3) is 14.4. The molecule has 0 fully saturated rings. The highest BCUT2D eigenvalue weighted by Crippen LogP contribution is 2.23. The van der Waals surface area contributed by atoms with Crippen LogP contribution in [0.1, 0.15) is 52.2 Å². The lowest BCUT2D eigenvalue weighted by Crippen LogP contribution is -2.49. The molecule has 7 N–H and O–H groups in total. The summed E-state index contributed by atoms with van der Waals surface area (Å²) < 4.78 is 0. The van der Waals surface area contributed by atoms with Crippen molar-refractivity contribution in [2.45, 2.75) is 78.0 Å². The smallest absolute Gasteiger partial charge is 0.0945 e. The van der Waals surface area contributed by atoms with Crippen molar-refractivity contribution < 1.29 is 0 Å². The lowest BCUT2D eigenvalue weighted by atomic mass is 9.86. The summed E-state index contributed by atoms with van der Waals surface area (Å²) in [6, 6.07) is 21.8. The summed E-state index contributed by atoms with van der Waals surface area (Å²) in [5, 5.41) is 25.5. The van der Waals surface area contributed by atoms with Gasteiger partial charge in [0.15, 0.2) is 0 Å². The number of nitrogens with one attached hydrogen (secondary N) is 7. The van der Waals surface area contributed by atoms with E-state index in [0.29, 0.717) is 6.54 Å². The minimum Gasteiger partial charge on any atom is -0.384 e. The van der Waals surface area contributed by atoms with Gasteiger partial charge in [-0.3, -0.25) is 0 Å². The molecular formula is C48H70N8. The molecule has 56 heavy (non-hydrogen) atoms. The van der Waals surface area contributed by atoms with Crippen molar-refractivity contribution in [3.63, 3.8) is 0 Å². The zero-order valence-corrected chi connectivity index (χ0v) is 35.0. The number of rotatable bonds is 25. The van der Waals surface area contributed by atoms with E-state index >= 15 is 0 Å². The van der Waals surface area contributed by atoms with Gasteiger partial charge in [0, 0.05) is 55.0 Å². The van der Waals surface area contributed by atoms with Crippen LogP contribution in [0.25, 0.3) is 0 Å². The summed E-state index contributed by atoms with van der Waals surface area (Å²) in [6.07, 6.45) is 15.3. The van der Waals surface area contributed by atoms with E-state index in [2.05, 4.69) is 207 Å². The second kappa shape index (κ2) is 22.3. The first-order valence-corrected chi connectivity index (χ1v) is 20.4. The van der Waals surface area contributed by atoms with Crippen LogP contribution in [-0.2, 0) is 12.8 Å². The van der Waals surface area contributed by atoms with E-state index < -0.39 is 0 Å². The molecule has 2 aliphatic heterocycles. The first kappa shape index (κ1) is 43.5. The monoisotopic (exact) mass is 759 g/mol. The van der Waals surface area contributed by atoms with Crippen molar-refractivity contribution >= 4 is 0 Å². The van der Waals surface area contributed by atoms with Gasteiger partial charge in [-0.2, -0.15) is 0 Å². The van der Waals surface area contributed by atoms with Gasteiger partial charge in [-0.15, -0.1) is 0 Å². The Balaban J connectivity index is 1.49. The molecule has 0 aliphatic carbocycles. The van der Waals surface area contributed by atoms with Crippen LogP contribution in [0.4, 0.5) is 0 Å². The lowest BCUT2D eigenvalue weighted by Gasteiger charge is -2.36. The molecule has 2 aromatic rings. The Hall–Kier alpha value is -5.24. The van der Waals surface area contributed by atoms with Gasteiger partial charge in [0.05, 0.1) is 36.8 Å². The number of allylic oxidation sites excluding steroid dienone is 4. The molecule has 2 aliphatic rings. The minimum absolute atomic E-state index is 0.00836. The molecule has 0 saturated carbocycles. The van der Waals surface area contributed by atoms with Gasteiger partial charge in [0.25, 0.3) is 0 Å². The van der Waals surface area contributed by atoms with E-state index in [4.69, 9.17) is 0 Å². The SMILES string of the molecule is C=C(NCC1=CC=CCN1)NC(C(=C)NC(Cc1ccccc1)C(C)CC(Cc1ccccc1)NC(=C)C(NC(=C)N(C)CC1=CC=CCN1)C(C)C)C(C)C. The normalized spacial score (nSPS) is 16.1. The van der Waals surface area contributed by atoms with Crippen LogP contribution in [0.15, 0.2) is 158 Å². The summed E-state index contributed by atoms with van der Waals surface area (Å²) in [7, 11) is 2.08. The average molecular weight is 759 g/mol.